The Morgan fingerprint density at radius 2 is 1.96 bits per heavy atom. The minimum absolute atomic E-state index is 0.0366. The van der Waals surface area contributed by atoms with Crippen LogP contribution in [0.3, 0.4) is 0 Å². The van der Waals surface area contributed by atoms with Gasteiger partial charge in [-0.3, -0.25) is 19.7 Å². The van der Waals surface area contributed by atoms with Crippen molar-refractivity contribution in [2.45, 2.75) is 57.6 Å². The molecule has 9 heteroatoms. The van der Waals surface area contributed by atoms with Crippen LogP contribution in [0, 0.1) is 0 Å². The number of carbonyl (C=O) groups excluding carboxylic acids is 4. The molecule has 1 aromatic heterocycles. The second-order valence-corrected chi connectivity index (χ2v) is 6.41. The van der Waals surface area contributed by atoms with E-state index < -0.39 is 29.9 Å². The SMILES string of the molecule is C[C@H](OC(=O)CCNC(=O)c1ccco1)C(=O)NC(=O)NC1CCCCC1. The standard InChI is InChI=1S/C18H25N3O6/c1-12(16(23)21-18(25)20-13-6-3-2-4-7-13)27-15(22)9-10-19-17(24)14-8-5-11-26-14/h5,8,11-13H,2-4,6-7,9-10H2,1H3,(H,19,24)(H2,20,21,23,25)/t12-/m0/s1. The van der Waals surface area contributed by atoms with Crippen molar-refractivity contribution in [2.75, 3.05) is 6.54 Å². The van der Waals surface area contributed by atoms with Crippen molar-refractivity contribution < 1.29 is 28.3 Å². The molecule has 148 valence electrons. The van der Waals surface area contributed by atoms with Crippen LogP contribution in [-0.2, 0) is 14.3 Å². The Bertz CT molecular complexity index is 652. The Morgan fingerprint density at radius 1 is 1.22 bits per heavy atom. The van der Waals surface area contributed by atoms with Crippen molar-refractivity contribution in [1.29, 1.82) is 0 Å². The van der Waals surface area contributed by atoms with Gasteiger partial charge < -0.3 is 19.8 Å². The molecule has 1 saturated carbocycles. The smallest absolute Gasteiger partial charge is 0.321 e. The number of hydrogen-bond donors (Lipinski definition) is 3. The van der Waals surface area contributed by atoms with Crippen LogP contribution in [0.5, 0.6) is 0 Å². The van der Waals surface area contributed by atoms with Crippen LogP contribution in [0.4, 0.5) is 4.79 Å². The summed E-state index contributed by atoms with van der Waals surface area (Å²) in [5, 5.41) is 7.43. The monoisotopic (exact) mass is 379 g/mol. The average molecular weight is 379 g/mol. The molecule has 4 amide bonds. The summed E-state index contributed by atoms with van der Waals surface area (Å²) in [4.78, 5) is 47.2. The zero-order valence-electron chi connectivity index (χ0n) is 15.3. The number of urea groups is 1. The first-order chi connectivity index (χ1) is 13.0. The van der Waals surface area contributed by atoms with E-state index in [9.17, 15) is 19.2 Å². The molecular formula is C18H25N3O6. The van der Waals surface area contributed by atoms with Crippen molar-refractivity contribution in [2.24, 2.45) is 0 Å². The summed E-state index contributed by atoms with van der Waals surface area (Å²) in [6, 6.07) is 2.56. The third-order valence-corrected chi connectivity index (χ3v) is 4.21. The fourth-order valence-corrected chi connectivity index (χ4v) is 2.76. The van der Waals surface area contributed by atoms with Gasteiger partial charge in [0.25, 0.3) is 11.8 Å². The predicted octanol–water partition coefficient (Wildman–Crippen LogP) is 1.49. The first-order valence-corrected chi connectivity index (χ1v) is 9.08. The van der Waals surface area contributed by atoms with Gasteiger partial charge in [0, 0.05) is 12.6 Å². The molecule has 27 heavy (non-hydrogen) atoms. The highest BCUT2D eigenvalue weighted by Gasteiger charge is 2.22. The van der Waals surface area contributed by atoms with E-state index in [4.69, 9.17) is 9.15 Å². The van der Waals surface area contributed by atoms with Gasteiger partial charge in [-0.25, -0.2) is 4.79 Å². The summed E-state index contributed by atoms with van der Waals surface area (Å²) in [6.45, 7) is 1.41. The van der Waals surface area contributed by atoms with E-state index in [-0.39, 0.29) is 24.8 Å². The first kappa shape index (κ1) is 20.5. The normalized spacial score (nSPS) is 15.4. The van der Waals surface area contributed by atoms with Gasteiger partial charge in [-0.05, 0) is 31.9 Å². The number of hydrogen-bond acceptors (Lipinski definition) is 6. The molecule has 0 radical (unpaired) electrons. The summed E-state index contributed by atoms with van der Waals surface area (Å²) in [5.74, 6) is -1.67. The maximum atomic E-state index is 11.9. The summed E-state index contributed by atoms with van der Waals surface area (Å²) in [7, 11) is 0. The van der Waals surface area contributed by atoms with Crippen LogP contribution >= 0.6 is 0 Å². The van der Waals surface area contributed by atoms with E-state index in [1.54, 1.807) is 6.07 Å². The number of esters is 1. The number of rotatable bonds is 7. The number of furan rings is 1. The second-order valence-electron chi connectivity index (χ2n) is 6.41. The van der Waals surface area contributed by atoms with E-state index in [0.29, 0.717) is 0 Å². The van der Waals surface area contributed by atoms with Gasteiger partial charge in [0.15, 0.2) is 11.9 Å². The minimum Gasteiger partial charge on any atom is -0.459 e. The van der Waals surface area contributed by atoms with E-state index in [2.05, 4.69) is 16.0 Å². The van der Waals surface area contributed by atoms with Gasteiger partial charge in [-0.15, -0.1) is 0 Å². The molecule has 1 aromatic rings. The topological polar surface area (TPSA) is 127 Å². The molecule has 0 unspecified atom stereocenters. The van der Waals surface area contributed by atoms with Crippen molar-refractivity contribution >= 4 is 23.8 Å². The van der Waals surface area contributed by atoms with Crippen LogP contribution in [0.1, 0.15) is 56.0 Å². The second kappa shape index (κ2) is 10.3. The molecule has 0 spiro atoms. The molecule has 0 bridgehead atoms. The number of ether oxygens (including phenoxy) is 1. The third-order valence-electron chi connectivity index (χ3n) is 4.21. The maximum Gasteiger partial charge on any atom is 0.321 e. The first-order valence-electron chi connectivity index (χ1n) is 9.08. The summed E-state index contributed by atoms with van der Waals surface area (Å²) >= 11 is 0. The lowest BCUT2D eigenvalue weighted by Gasteiger charge is -2.23. The number of nitrogens with one attached hydrogen (secondary N) is 3. The molecule has 2 rings (SSSR count). The lowest BCUT2D eigenvalue weighted by Crippen LogP contribution is -2.48. The van der Waals surface area contributed by atoms with Crippen LogP contribution in [0.15, 0.2) is 22.8 Å². The van der Waals surface area contributed by atoms with Gasteiger partial charge in [0.2, 0.25) is 0 Å². The van der Waals surface area contributed by atoms with Gasteiger partial charge in [0.1, 0.15) is 0 Å². The molecule has 9 nitrogen and oxygen atoms in total. The van der Waals surface area contributed by atoms with Crippen LogP contribution < -0.4 is 16.0 Å². The molecule has 1 aliphatic carbocycles. The third kappa shape index (κ3) is 7.12. The van der Waals surface area contributed by atoms with E-state index in [1.807, 2.05) is 0 Å². The summed E-state index contributed by atoms with van der Waals surface area (Å²) in [6.07, 6.45) is 5.22. The highest BCUT2D eigenvalue weighted by Crippen LogP contribution is 2.17. The highest BCUT2D eigenvalue weighted by atomic mass is 16.5. The molecule has 0 aromatic carbocycles. The number of imide groups is 1. The fraction of sp³-hybridized carbons (Fsp3) is 0.556. The summed E-state index contributed by atoms with van der Waals surface area (Å²) < 4.78 is 9.89. The summed E-state index contributed by atoms with van der Waals surface area (Å²) in [5.41, 5.74) is 0. The predicted molar refractivity (Wildman–Crippen MR) is 94.8 cm³/mol. The minimum atomic E-state index is -1.12. The quantitative estimate of drug-likeness (QED) is 0.616. The largest absolute Gasteiger partial charge is 0.459 e. The van der Waals surface area contributed by atoms with Gasteiger partial charge in [0.05, 0.1) is 12.7 Å². The molecule has 3 N–H and O–H groups in total. The van der Waals surface area contributed by atoms with Gasteiger partial charge in [-0.2, -0.15) is 0 Å². The maximum absolute atomic E-state index is 11.9. The Labute approximate surface area is 157 Å². The van der Waals surface area contributed by atoms with Gasteiger partial charge >= 0.3 is 12.0 Å². The molecule has 1 aliphatic rings. The van der Waals surface area contributed by atoms with E-state index in [0.717, 1.165) is 32.1 Å². The Balaban J connectivity index is 1.63. The van der Waals surface area contributed by atoms with Crippen molar-refractivity contribution in [3.05, 3.63) is 24.2 Å². The van der Waals surface area contributed by atoms with Crippen LogP contribution in [0.2, 0.25) is 0 Å². The van der Waals surface area contributed by atoms with Crippen LogP contribution in [-0.4, -0.2) is 42.5 Å². The lowest BCUT2D eigenvalue weighted by atomic mass is 9.96. The molecule has 0 saturated heterocycles. The molecule has 1 atom stereocenters. The van der Waals surface area contributed by atoms with Crippen molar-refractivity contribution in [3.8, 4) is 0 Å². The van der Waals surface area contributed by atoms with Crippen molar-refractivity contribution in [3.63, 3.8) is 0 Å². The Hall–Kier alpha value is -2.84. The zero-order valence-corrected chi connectivity index (χ0v) is 15.3. The highest BCUT2D eigenvalue weighted by molar-refractivity contribution is 5.97. The molecular weight excluding hydrogens is 354 g/mol. The molecule has 1 fully saturated rings. The Morgan fingerprint density at radius 3 is 2.63 bits per heavy atom. The molecule has 0 aliphatic heterocycles. The number of amides is 4. The van der Waals surface area contributed by atoms with Crippen LogP contribution in [0.25, 0.3) is 0 Å². The number of carbonyl (C=O) groups is 4. The Kier molecular flexibility index (Phi) is 7.84. The lowest BCUT2D eigenvalue weighted by molar-refractivity contribution is -0.154. The fourth-order valence-electron chi connectivity index (χ4n) is 2.76. The average Bonchev–Trinajstić information content (AvgIpc) is 3.17. The van der Waals surface area contributed by atoms with Crippen molar-refractivity contribution in [1.82, 2.24) is 16.0 Å². The molecule has 1 heterocycles. The van der Waals surface area contributed by atoms with Gasteiger partial charge in [-0.1, -0.05) is 19.3 Å². The van der Waals surface area contributed by atoms with E-state index in [1.165, 1.54) is 19.3 Å². The zero-order chi connectivity index (χ0) is 19.6. The van der Waals surface area contributed by atoms with E-state index >= 15 is 0 Å².